The van der Waals surface area contributed by atoms with Crippen LogP contribution in [0.25, 0.3) is 0 Å². The first-order valence-electron chi connectivity index (χ1n) is 7.43. The minimum Gasteiger partial charge on any atom is -0.495 e. The monoisotopic (exact) mass is 291 g/mol. The fourth-order valence-electron chi connectivity index (χ4n) is 2.79. The Hall–Kier alpha value is -1.59. The molecule has 0 saturated carbocycles. The molecule has 0 aliphatic carbocycles. The number of anilines is 1. The lowest BCUT2D eigenvalue weighted by Gasteiger charge is -2.35. The van der Waals surface area contributed by atoms with Gasteiger partial charge in [0.05, 0.1) is 19.3 Å². The van der Waals surface area contributed by atoms with Crippen molar-refractivity contribution in [3.05, 3.63) is 23.8 Å². The maximum atomic E-state index is 12.2. The minimum atomic E-state index is -0.0128. The summed E-state index contributed by atoms with van der Waals surface area (Å²) in [4.78, 5) is 14.4. The highest BCUT2D eigenvalue weighted by Crippen LogP contribution is 2.25. The third-order valence-electron chi connectivity index (χ3n) is 4.03. The summed E-state index contributed by atoms with van der Waals surface area (Å²) in [6.45, 7) is 5.38. The van der Waals surface area contributed by atoms with Crippen LogP contribution < -0.4 is 15.8 Å². The van der Waals surface area contributed by atoms with E-state index in [9.17, 15) is 4.79 Å². The van der Waals surface area contributed by atoms with Crippen molar-refractivity contribution >= 4 is 11.6 Å². The number of methoxy groups -OCH3 is 1. The number of likely N-dealkylation sites (tertiary alicyclic amines) is 1. The zero-order chi connectivity index (χ0) is 15.4. The van der Waals surface area contributed by atoms with Crippen molar-refractivity contribution in [2.24, 2.45) is 5.73 Å². The van der Waals surface area contributed by atoms with Gasteiger partial charge in [0, 0.05) is 18.6 Å². The van der Waals surface area contributed by atoms with Gasteiger partial charge in [0.25, 0.3) is 0 Å². The molecule has 0 aromatic heterocycles. The number of aryl methyl sites for hydroxylation is 1. The van der Waals surface area contributed by atoms with E-state index in [2.05, 4.69) is 17.1 Å². The molecule has 1 amide bonds. The van der Waals surface area contributed by atoms with Crippen molar-refractivity contribution in [2.75, 3.05) is 25.5 Å². The molecule has 21 heavy (non-hydrogen) atoms. The third kappa shape index (κ3) is 4.19. The van der Waals surface area contributed by atoms with Crippen LogP contribution in [-0.2, 0) is 4.79 Å². The molecule has 1 aliphatic heterocycles. The van der Waals surface area contributed by atoms with Crippen molar-refractivity contribution in [3.8, 4) is 5.75 Å². The van der Waals surface area contributed by atoms with E-state index >= 15 is 0 Å². The number of rotatable bonds is 4. The van der Waals surface area contributed by atoms with E-state index in [1.54, 1.807) is 7.11 Å². The van der Waals surface area contributed by atoms with Crippen LogP contribution in [0.4, 0.5) is 5.69 Å². The van der Waals surface area contributed by atoms with Crippen LogP contribution in [0.15, 0.2) is 18.2 Å². The van der Waals surface area contributed by atoms with Crippen molar-refractivity contribution in [3.63, 3.8) is 0 Å². The third-order valence-corrected chi connectivity index (χ3v) is 4.03. The first-order chi connectivity index (χ1) is 9.99. The Morgan fingerprint density at radius 2 is 2.29 bits per heavy atom. The Bertz CT molecular complexity index is 504. The Balaban J connectivity index is 1.97. The summed E-state index contributed by atoms with van der Waals surface area (Å²) in [5.74, 6) is 0.670. The Labute approximate surface area is 126 Å². The number of hydrogen-bond donors (Lipinski definition) is 2. The van der Waals surface area contributed by atoms with Crippen LogP contribution in [0.1, 0.15) is 25.3 Å². The molecule has 0 radical (unpaired) electrons. The van der Waals surface area contributed by atoms with E-state index in [0.29, 0.717) is 18.3 Å². The maximum Gasteiger partial charge on any atom is 0.238 e. The van der Waals surface area contributed by atoms with Gasteiger partial charge in [-0.1, -0.05) is 6.07 Å². The molecule has 1 aromatic carbocycles. The zero-order valence-corrected chi connectivity index (χ0v) is 13.1. The van der Waals surface area contributed by atoms with Gasteiger partial charge in [-0.3, -0.25) is 9.69 Å². The van der Waals surface area contributed by atoms with E-state index in [0.717, 1.165) is 30.6 Å². The quantitative estimate of drug-likeness (QED) is 0.887. The molecule has 2 unspecified atom stereocenters. The number of carbonyl (C=O) groups excluding carboxylic acids is 1. The van der Waals surface area contributed by atoms with Gasteiger partial charge in [-0.05, 0) is 44.4 Å². The molecule has 2 atom stereocenters. The van der Waals surface area contributed by atoms with Gasteiger partial charge in [0.2, 0.25) is 5.91 Å². The van der Waals surface area contributed by atoms with Crippen molar-refractivity contribution in [1.82, 2.24) is 4.90 Å². The summed E-state index contributed by atoms with van der Waals surface area (Å²) in [6.07, 6.45) is 1.90. The van der Waals surface area contributed by atoms with Crippen molar-refractivity contribution in [1.29, 1.82) is 0 Å². The predicted octanol–water partition coefficient (Wildman–Crippen LogP) is 1.75. The molecule has 3 N–H and O–H groups in total. The molecule has 5 nitrogen and oxygen atoms in total. The number of ether oxygens (including phenoxy) is 1. The lowest BCUT2D eigenvalue weighted by molar-refractivity contribution is -0.118. The summed E-state index contributed by atoms with van der Waals surface area (Å²) in [6, 6.07) is 6.36. The van der Waals surface area contributed by atoms with Crippen LogP contribution in [0.3, 0.4) is 0 Å². The summed E-state index contributed by atoms with van der Waals surface area (Å²) in [5.41, 5.74) is 7.76. The molecular formula is C16H25N3O2. The smallest absolute Gasteiger partial charge is 0.238 e. The molecule has 0 bridgehead atoms. The van der Waals surface area contributed by atoms with Gasteiger partial charge < -0.3 is 15.8 Å². The van der Waals surface area contributed by atoms with Crippen molar-refractivity contribution in [2.45, 2.75) is 38.8 Å². The van der Waals surface area contributed by atoms with Crippen LogP contribution in [0, 0.1) is 6.92 Å². The number of amides is 1. The van der Waals surface area contributed by atoms with E-state index in [4.69, 9.17) is 10.5 Å². The topological polar surface area (TPSA) is 67.6 Å². The van der Waals surface area contributed by atoms with Crippen LogP contribution >= 0.6 is 0 Å². The lowest BCUT2D eigenvalue weighted by Crippen LogP contribution is -2.48. The number of nitrogens with one attached hydrogen (secondary N) is 1. The molecule has 5 heteroatoms. The lowest BCUT2D eigenvalue weighted by atomic mass is 9.99. The standard InChI is InChI=1S/C16H25N3O2/c1-11-4-5-15(21-3)14(8-11)18-16(20)10-19-7-6-13(17)9-12(19)2/h4-5,8,12-13H,6-7,9-10,17H2,1-3H3,(H,18,20). The zero-order valence-electron chi connectivity index (χ0n) is 13.1. The summed E-state index contributed by atoms with van der Waals surface area (Å²) in [5, 5.41) is 2.94. The summed E-state index contributed by atoms with van der Waals surface area (Å²) < 4.78 is 5.28. The van der Waals surface area contributed by atoms with E-state index in [-0.39, 0.29) is 11.9 Å². The highest BCUT2D eigenvalue weighted by atomic mass is 16.5. The predicted molar refractivity (Wildman–Crippen MR) is 84.6 cm³/mol. The molecule has 1 saturated heterocycles. The largest absolute Gasteiger partial charge is 0.495 e. The SMILES string of the molecule is COc1ccc(C)cc1NC(=O)CN1CCC(N)CC1C. The molecule has 1 aliphatic rings. The Morgan fingerprint density at radius 3 is 2.95 bits per heavy atom. The second-order valence-electron chi connectivity index (χ2n) is 5.86. The molecule has 1 aromatic rings. The fourth-order valence-corrected chi connectivity index (χ4v) is 2.79. The van der Waals surface area contributed by atoms with E-state index in [1.807, 2.05) is 25.1 Å². The molecule has 0 spiro atoms. The fraction of sp³-hybridized carbons (Fsp3) is 0.562. The average Bonchev–Trinajstić information content (AvgIpc) is 2.42. The van der Waals surface area contributed by atoms with Gasteiger partial charge >= 0.3 is 0 Å². The molecular weight excluding hydrogens is 266 g/mol. The number of nitrogens with two attached hydrogens (primary N) is 1. The number of hydrogen-bond acceptors (Lipinski definition) is 4. The number of nitrogens with zero attached hydrogens (tertiary/aromatic N) is 1. The summed E-state index contributed by atoms with van der Waals surface area (Å²) >= 11 is 0. The Morgan fingerprint density at radius 1 is 1.52 bits per heavy atom. The summed E-state index contributed by atoms with van der Waals surface area (Å²) in [7, 11) is 1.61. The average molecular weight is 291 g/mol. The maximum absolute atomic E-state index is 12.2. The normalized spacial score (nSPS) is 22.9. The molecule has 2 rings (SSSR count). The van der Waals surface area contributed by atoms with Crippen LogP contribution in [0.5, 0.6) is 5.75 Å². The molecule has 1 fully saturated rings. The highest BCUT2D eigenvalue weighted by Gasteiger charge is 2.24. The first kappa shape index (κ1) is 15.8. The number of benzene rings is 1. The molecule has 116 valence electrons. The Kier molecular flexibility index (Phi) is 5.20. The van der Waals surface area contributed by atoms with Crippen LogP contribution in [0.2, 0.25) is 0 Å². The van der Waals surface area contributed by atoms with Crippen LogP contribution in [-0.4, -0.2) is 43.1 Å². The second kappa shape index (κ2) is 6.91. The second-order valence-corrected chi connectivity index (χ2v) is 5.86. The van der Waals surface area contributed by atoms with Gasteiger partial charge in [-0.2, -0.15) is 0 Å². The highest BCUT2D eigenvalue weighted by molar-refractivity contribution is 5.93. The van der Waals surface area contributed by atoms with E-state index in [1.165, 1.54) is 0 Å². The minimum absolute atomic E-state index is 0.0128. The van der Waals surface area contributed by atoms with E-state index < -0.39 is 0 Å². The van der Waals surface area contributed by atoms with Gasteiger partial charge in [-0.15, -0.1) is 0 Å². The number of carbonyl (C=O) groups is 1. The first-order valence-corrected chi connectivity index (χ1v) is 7.43. The molecule has 1 heterocycles. The van der Waals surface area contributed by atoms with Gasteiger partial charge in [0.15, 0.2) is 0 Å². The van der Waals surface area contributed by atoms with Crippen molar-refractivity contribution < 1.29 is 9.53 Å². The van der Waals surface area contributed by atoms with Gasteiger partial charge in [0.1, 0.15) is 5.75 Å². The van der Waals surface area contributed by atoms with Gasteiger partial charge in [-0.25, -0.2) is 0 Å². The number of piperidine rings is 1.